The summed E-state index contributed by atoms with van der Waals surface area (Å²) in [7, 11) is 0. The highest BCUT2D eigenvalue weighted by atomic mass is 19.4. The first-order chi connectivity index (χ1) is 8.73. The molecule has 0 aliphatic rings. The number of Topliss-reactive ketones (excluding diaryl/α,β-unsaturated/α-hetero) is 1. The maximum absolute atomic E-state index is 12.3. The molecule has 0 atom stereocenters. The fourth-order valence-corrected chi connectivity index (χ4v) is 1.25. The van der Waals surface area contributed by atoms with E-state index in [4.69, 9.17) is 0 Å². The summed E-state index contributed by atoms with van der Waals surface area (Å²) in [6.07, 6.45) is -16.2. The van der Waals surface area contributed by atoms with E-state index in [1.807, 2.05) is 0 Å². The maximum atomic E-state index is 12.3. The lowest BCUT2D eigenvalue weighted by molar-refractivity contribution is -0.143. The second-order valence-electron chi connectivity index (χ2n) is 3.62. The minimum Gasteiger partial charge on any atom is -0.284 e. The zero-order chi connectivity index (χ0) is 15.9. The molecular weight excluding hydrogens is 307 g/mol. The summed E-state index contributed by atoms with van der Waals surface area (Å²) >= 11 is 0. The Labute approximate surface area is 105 Å². The lowest BCUT2D eigenvalue weighted by Crippen LogP contribution is -2.24. The Morgan fingerprint density at radius 3 is 1.30 bits per heavy atom. The third-order valence-corrected chi connectivity index (χ3v) is 2.11. The molecule has 1 nitrogen and oxygen atoms in total. The molecule has 1 rings (SSSR count). The Kier molecular flexibility index (Phi) is 3.81. The van der Waals surface area contributed by atoms with E-state index >= 15 is 0 Å². The van der Waals surface area contributed by atoms with E-state index in [1.165, 1.54) is 0 Å². The lowest BCUT2D eigenvalue weighted by Gasteiger charge is -2.14. The summed E-state index contributed by atoms with van der Waals surface area (Å²) in [5.41, 5.74) is -5.69. The normalized spacial score (nSPS) is 13.4. The molecule has 0 aliphatic carbocycles. The molecule has 0 N–H and O–H groups in total. The average molecular weight is 310 g/mol. The van der Waals surface area contributed by atoms with Crippen LogP contribution in [0.25, 0.3) is 0 Å². The standard InChI is InChI=1S/C10H3F9O/c11-8(12,13)5-1-4(7(20)10(17,18)19)2-6(3-5)9(14,15)16/h1-3H. The number of benzene rings is 1. The molecule has 0 fully saturated rings. The van der Waals surface area contributed by atoms with Crippen LogP contribution in [0, 0.1) is 0 Å². The molecule has 0 aliphatic heterocycles. The van der Waals surface area contributed by atoms with Gasteiger partial charge in [0, 0.05) is 5.56 Å². The van der Waals surface area contributed by atoms with Gasteiger partial charge in [0.2, 0.25) is 0 Å². The zero-order valence-corrected chi connectivity index (χ0v) is 9.04. The minimum absolute atomic E-state index is 0.273. The van der Waals surface area contributed by atoms with Crippen LogP contribution < -0.4 is 0 Å². The molecule has 0 amide bonds. The Bertz CT molecular complexity index is 489. The van der Waals surface area contributed by atoms with E-state index in [2.05, 4.69) is 0 Å². The molecule has 0 unspecified atom stereocenters. The first-order valence-electron chi connectivity index (χ1n) is 4.64. The summed E-state index contributed by atoms with van der Waals surface area (Å²) in [6.45, 7) is 0. The van der Waals surface area contributed by atoms with E-state index in [0.29, 0.717) is 0 Å². The van der Waals surface area contributed by atoms with Crippen LogP contribution in [0.5, 0.6) is 0 Å². The van der Waals surface area contributed by atoms with Gasteiger partial charge in [-0.3, -0.25) is 4.79 Å². The zero-order valence-electron chi connectivity index (χ0n) is 9.04. The Morgan fingerprint density at radius 2 is 1.05 bits per heavy atom. The molecule has 10 heteroatoms. The molecule has 1 aromatic rings. The molecule has 20 heavy (non-hydrogen) atoms. The number of rotatable bonds is 1. The highest BCUT2D eigenvalue weighted by Crippen LogP contribution is 2.37. The van der Waals surface area contributed by atoms with Crippen LogP contribution in [-0.4, -0.2) is 12.0 Å². The Morgan fingerprint density at radius 1 is 0.700 bits per heavy atom. The molecule has 1 aromatic carbocycles. The number of halogens is 9. The molecule has 0 radical (unpaired) electrons. The van der Waals surface area contributed by atoms with E-state index in [-0.39, 0.29) is 18.2 Å². The van der Waals surface area contributed by atoms with Gasteiger partial charge < -0.3 is 0 Å². The van der Waals surface area contributed by atoms with Crippen molar-refractivity contribution < 1.29 is 44.3 Å². The number of alkyl halides is 9. The van der Waals surface area contributed by atoms with Gasteiger partial charge in [0.15, 0.2) is 0 Å². The summed E-state index contributed by atoms with van der Waals surface area (Å²) < 4.78 is 110. The number of carbonyl (C=O) groups excluding carboxylic acids is 1. The van der Waals surface area contributed by atoms with Crippen LogP contribution in [0.3, 0.4) is 0 Å². The molecule has 0 saturated carbocycles. The van der Waals surface area contributed by atoms with Crippen LogP contribution >= 0.6 is 0 Å². The molecule has 0 aromatic heterocycles. The van der Waals surface area contributed by atoms with Crippen molar-refractivity contribution in [2.45, 2.75) is 18.5 Å². The van der Waals surface area contributed by atoms with Crippen LogP contribution in [0.2, 0.25) is 0 Å². The van der Waals surface area contributed by atoms with Crippen molar-refractivity contribution >= 4 is 5.78 Å². The molecule has 0 saturated heterocycles. The van der Waals surface area contributed by atoms with Crippen molar-refractivity contribution in [3.8, 4) is 0 Å². The van der Waals surface area contributed by atoms with E-state index in [0.717, 1.165) is 0 Å². The highest BCUT2D eigenvalue weighted by Gasteiger charge is 2.43. The van der Waals surface area contributed by atoms with Gasteiger partial charge in [-0.1, -0.05) is 0 Å². The predicted molar refractivity (Wildman–Crippen MR) is 46.8 cm³/mol. The van der Waals surface area contributed by atoms with E-state index in [9.17, 15) is 44.3 Å². The van der Waals surface area contributed by atoms with E-state index < -0.39 is 41.0 Å². The molecule has 0 spiro atoms. The van der Waals surface area contributed by atoms with Crippen LogP contribution in [0.1, 0.15) is 21.5 Å². The second kappa shape index (κ2) is 4.67. The molecule has 0 bridgehead atoms. The van der Waals surface area contributed by atoms with Gasteiger partial charge in [0.05, 0.1) is 11.1 Å². The summed E-state index contributed by atoms with van der Waals surface area (Å²) in [5, 5.41) is 0. The van der Waals surface area contributed by atoms with Gasteiger partial charge in [-0.2, -0.15) is 39.5 Å². The van der Waals surface area contributed by atoms with Gasteiger partial charge in [0.1, 0.15) is 0 Å². The summed E-state index contributed by atoms with van der Waals surface area (Å²) in [5.74, 6) is -2.78. The number of hydrogen-bond acceptors (Lipinski definition) is 1. The van der Waals surface area contributed by atoms with Crippen molar-refractivity contribution in [2.75, 3.05) is 0 Å². The third-order valence-electron chi connectivity index (χ3n) is 2.11. The average Bonchev–Trinajstić information content (AvgIpc) is 2.23. The highest BCUT2D eigenvalue weighted by molar-refractivity contribution is 6.00. The minimum atomic E-state index is -5.58. The Balaban J connectivity index is 3.51. The van der Waals surface area contributed by atoms with Crippen molar-refractivity contribution in [1.82, 2.24) is 0 Å². The van der Waals surface area contributed by atoms with Crippen LogP contribution in [-0.2, 0) is 12.4 Å². The molecule has 112 valence electrons. The topological polar surface area (TPSA) is 17.1 Å². The first-order valence-corrected chi connectivity index (χ1v) is 4.64. The SMILES string of the molecule is O=C(c1cc(C(F)(F)F)cc(C(F)(F)F)c1)C(F)(F)F. The number of carbonyl (C=O) groups is 1. The van der Waals surface area contributed by atoms with Gasteiger partial charge in [0.25, 0.3) is 5.78 Å². The largest absolute Gasteiger partial charge is 0.454 e. The summed E-state index contributed by atoms with van der Waals surface area (Å²) in [6, 6.07) is -0.913. The maximum Gasteiger partial charge on any atom is 0.454 e. The monoisotopic (exact) mass is 310 g/mol. The molecular formula is C10H3F9O. The van der Waals surface area contributed by atoms with Crippen molar-refractivity contribution in [1.29, 1.82) is 0 Å². The van der Waals surface area contributed by atoms with Gasteiger partial charge in [-0.05, 0) is 18.2 Å². The smallest absolute Gasteiger partial charge is 0.284 e. The van der Waals surface area contributed by atoms with Crippen LogP contribution in [0.15, 0.2) is 18.2 Å². The lowest BCUT2D eigenvalue weighted by atomic mass is 10.0. The van der Waals surface area contributed by atoms with E-state index in [1.54, 1.807) is 0 Å². The fraction of sp³-hybridized carbons (Fsp3) is 0.300. The van der Waals surface area contributed by atoms with Crippen molar-refractivity contribution in [2.24, 2.45) is 0 Å². The quantitative estimate of drug-likeness (QED) is 0.552. The number of ketones is 1. The van der Waals surface area contributed by atoms with Crippen molar-refractivity contribution in [3.05, 3.63) is 34.9 Å². The second-order valence-corrected chi connectivity index (χ2v) is 3.62. The first kappa shape index (κ1) is 16.3. The fourth-order valence-electron chi connectivity index (χ4n) is 1.25. The predicted octanol–water partition coefficient (Wildman–Crippen LogP) is 4.47. The van der Waals surface area contributed by atoms with Gasteiger partial charge >= 0.3 is 18.5 Å². The van der Waals surface area contributed by atoms with Crippen LogP contribution in [0.4, 0.5) is 39.5 Å². The summed E-state index contributed by atoms with van der Waals surface area (Å²) in [4.78, 5) is 10.8. The van der Waals surface area contributed by atoms with Gasteiger partial charge in [-0.25, -0.2) is 0 Å². The van der Waals surface area contributed by atoms with Crippen molar-refractivity contribution in [3.63, 3.8) is 0 Å². The van der Waals surface area contributed by atoms with Gasteiger partial charge in [-0.15, -0.1) is 0 Å². The number of hydrogen-bond donors (Lipinski definition) is 0. The third kappa shape index (κ3) is 3.64. The Hall–Kier alpha value is -1.74. The molecule has 0 heterocycles.